The molecule has 17 heavy (non-hydrogen) atoms. The van der Waals surface area contributed by atoms with Crippen LogP contribution >= 0.6 is 0 Å². The number of nitrogens with two attached hydrogens (primary N) is 1. The molecule has 1 aliphatic carbocycles. The average Bonchev–Trinajstić information content (AvgIpc) is 2.80. The zero-order chi connectivity index (χ0) is 12.3. The minimum Gasteiger partial charge on any atom is -0.480 e. The van der Waals surface area contributed by atoms with Crippen LogP contribution in [-0.2, 0) is 10.2 Å². The second-order valence-electron chi connectivity index (χ2n) is 4.88. The van der Waals surface area contributed by atoms with Crippen LogP contribution in [-0.4, -0.2) is 22.1 Å². The Kier molecular flexibility index (Phi) is 3.43. The first kappa shape index (κ1) is 12.0. The molecule has 0 spiro atoms. The van der Waals surface area contributed by atoms with E-state index < -0.39 is 12.0 Å². The van der Waals surface area contributed by atoms with Crippen LogP contribution in [0.25, 0.3) is 0 Å². The Balaban J connectivity index is 2.24. The lowest BCUT2D eigenvalue weighted by atomic mass is 9.75. The minimum atomic E-state index is -0.917. The second-order valence-corrected chi connectivity index (χ2v) is 4.88. The van der Waals surface area contributed by atoms with Crippen molar-refractivity contribution in [3.63, 3.8) is 0 Å². The number of pyridine rings is 1. The second kappa shape index (κ2) is 4.84. The van der Waals surface area contributed by atoms with Crippen molar-refractivity contribution < 1.29 is 9.90 Å². The number of rotatable bonds is 4. The molecule has 1 fully saturated rings. The fourth-order valence-electron chi connectivity index (χ4n) is 2.85. The Labute approximate surface area is 101 Å². The highest BCUT2D eigenvalue weighted by atomic mass is 16.4. The Bertz CT molecular complexity index is 386. The molecule has 1 heterocycles. The van der Waals surface area contributed by atoms with Crippen molar-refractivity contribution in [2.24, 2.45) is 5.73 Å². The van der Waals surface area contributed by atoms with Crippen molar-refractivity contribution in [2.45, 2.75) is 43.6 Å². The van der Waals surface area contributed by atoms with Crippen LogP contribution in [0.5, 0.6) is 0 Å². The number of hydrogen-bond acceptors (Lipinski definition) is 3. The molecule has 1 saturated carbocycles. The van der Waals surface area contributed by atoms with E-state index in [-0.39, 0.29) is 5.41 Å². The Morgan fingerprint density at radius 1 is 1.53 bits per heavy atom. The number of aromatic nitrogens is 1. The molecule has 0 amide bonds. The summed E-state index contributed by atoms with van der Waals surface area (Å²) in [4.78, 5) is 15.1. The molecule has 0 aromatic carbocycles. The lowest BCUT2D eigenvalue weighted by Crippen LogP contribution is -2.38. The van der Waals surface area contributed by atoms with Gasteiger partial charge in [0.05, 0.1) is 0 Å². The summed E-state index contributed by atoms with van der Waals surface area (Å²) in [5.41, 5.74) is 6.76. The van der Waals surface area contributed by atoms with Gasteiger partial charge < -0.3 is 10.8 Å². The fourth-order valence-corrected chi connectivity index (χ4v) is 2.85. The molecule has 0 saturated heterocycles. The monoisotopic (exact) mass is 234 g/mol. The zero-order valence-corrected chi connectivity index (χ0v) is 9.80. The molecule has 92 valence electrons. The average molecular weight is 234 g/mol. The van der Waals surface area contributed by atoms with E-state index in [2.05, 4.69) is 4.98 Å². The topological polar surface area (TPSA) is 76.2 Å². The molecule has 0 aliphatic heterocycles. The molecule has 1 atom stereocenters. The third-order valence-electron chi connectivity index (χ3n) is 3.76. The van der Waals surface area contributed by atoms with Gasteiger partial charge in [-0.05, 0) is 36.3 Å². The summed E-state index contributed by atoms with van der Waals surface area (Å²) in [6, 6.07) is 3.16. The molecule has 3 N–H and O–H groups in total. The van der Waals surface area contributed by atoms with Gasteiger partial charge in [-0.1, -0.05) is 18.9 Å². The van der Waals surface area contributed by atoms with E-state index >= 15 is 0 Å². The zero-order valence-electron chi connectivity index (χ0n) is 9.80. The number of carboxylic acids is 1. The number of carboxylic acid groups (broad SMARTS) is 1. The van der Waals surface area contributed by atoms with E-state index in [1.807, 2.05) is 18.3 Å². The molecule has 0 bridgehead atoms. The maximum Gasteiger partial charge on any atom is 0.320 e. The number of hydrogen-bond donors (Lipinski definition) is 2. The summed E-state index contributed by atoms with van der Waals surface area (Å²) in [6.07, 6.45) is 8.40. The maximum atomic E-state index is 10.9. The highest BCUT2D eigenvalue weighted by Gasteiger charge is 2.38. The fraction of sp³-hybridized carbons (Fsp3) is 0.538. The largest absolute Gasteiger partial charge is 0.480 e. The van der Waals surface area contributed by atoms with Gasteiger partial charge in [0.15, 0.2) is 0 Å². The van der Waals surface area contributed by atoms with Crippen LogP contribution in [0.2, 0.25) is 0 Å². The molecule has 1 unspecified atom stereocenters. The first-order chi connectivity index (χ1) is 8.14. The third-order valence-corrected chi connectivity index (χ3v) is 3.76. The Morgan fingerprint density at radius 3 is 2.76 bits per heavy atom. The van der Waals surface area contributed by atoms with Crippen molar-refractivity contribution in [1.29, 1.82) is 0 Å². The van der Waals surface area contributed by atoms with E-state index in [1.165, 1.54) is 0 Å². The number of nitrogens with zero attached hydrogens (tertiary/aromatic N) is 1. The highest BCUT2D eigenvalue weighted by Crippen LogP contribution is 2.44. The lowest BCUT2D eigenvalue weighted by Gasteiger charge is -2.30. The third kappa shape index (κ3) is 2.47. The molecule has 1 aromatic heterocycles. The van der Waals surface area contributed by atoms with Gasteiger partial charge in [-0.15, -0.1) is 0 Å². The predicted molar refractivity (Wildman–Crippen MR) is 64.6 cm³/mol. The minimum absolute atomic E-state index is 0.0773. The molecule has 1 aliphatic rings. The van der Waals surface area contributed by atoms with E-state index in [4.69, 9.17) is 10.8 Å². The van der Waals surface area contributed by atoms with E-state index in [0.29, 0.717) is 6.42 Å². The predicted octanol–water partition coefficient (Wildman–Crippen LogP) is 1.70. The molecule has 4 nitrogen and oxygen atoms in total. The Morgan fingerprint density at radius 2 is 2.24 bits per heavy atom. The lowest BCUT2D eigenvalue weighted by molar-refractivity contribution is -0.139. The van der Waals surface area contributed by atoms with E-state index in [0.717, 1.165) is 31.2 Å². The van der Waals surface area contributed by atoms with Crippen molar-refractivity contribution in [3.8, 4) is 0 Å². The molecule has 1 aromatic rings. The van der Waals surface area contributed by atoms with Gasteiger partial charge >= 0.3 is 5.97 Å². The van der Waals surface area contributed by atoms with Crippen LogP contribution in [0.3, 0.4) is 0 Å². The van der Waals surface area contributed by atoms with Gasteiger partial charge in [-0.25, -0.2) is 0 Å². The van der Waals surface area contributed by atoms with Crippen molar-refractivity contribution in [2.75, 3.05) is 0 Å². The molecule has 2 rings (SSSR count). The van der Waals surface area contributed by atoms with Gasteiger partial charge in [-0.2, -0.15) is 0 Å². The first-order valence-electron chi connectivity index (χ1n) is 6.03. The van der Waals surface area contributed by atoms with Gasteiger partial charge in [-0.3, -0.25) is 9.78 Å². The first-order valence-corrected chi connectivity index (χ1v) is 6.03. The van der Waals surface area contributed by atoms with Crippen molar-refractivity contribution >= 4 is 5.97 Å². The van der Waals surface area contributed by atoms with Gasteiger partial charge in [0.1, 0.15) is 6.04 Å². The molecular formula is C13H18N2O2. The quantitative estimate of drug-likeness (QED) is 0.831. The van der Waals surface area contributed by atoms with Crippen LogP contribution in [0, 0.1) is 0 Å². The van der Waals surface area contributed by atoms with Gasteiger partial charge in [0.2, 0.25) is 0 Å². The maximum absolute atomic E-state index is 10.9. The van der Waals surface area contributed by atoms with Crippen LogP contribution in [0.1, 0.15) is 37.7 Å². The Hall–Kier alpha value is -1.42. The molecule has 0 radical (unpaired) electrons. The van der Waals surface area contributed by atoms with E-state index in [9.17, 15) is 4.79 Å². The standard InChI is InChI=1S/C13H18N2O2/c14-11(12(16)17)8-13(5-1-2-6-13)10-4-3-7-15-9-10/h3-4,7,9,11H,1-2,5-6,8,14H2,(H,16,17). The summed E-state index contributed by atoms with van der Waals surface area (Å²) in [5.74, 6) is -0.917. The van der Waals surface area contributed by atoms with Gasteiger partial charge in [0.25, 0.3) is 0 Å². The summed E-state index contributed by atoms with van der Waals surface area (Å²) in [7, 11) is 0. The normalized spacial score (nSPS) is 20.1. The smallest absolute Gasteiger partial charge is 0.320 e. The van der Waals surface area contributed by atoms with Crippen LogP contribution < -0.4 is 5.73 Å². The number of aliphatic carboxylic acids is 1. The van der Waals surface area contributed by atoms with Crippen LogP contribution in [0.15, 0.2) is 24.5 Å². The van der Waals surface area contributed by atoms with Gasteiger partial charge in [0, 0.05) is 12.4 Å². The van der Waals surface area contributed by atoms with Crippen molar-refractivity contribution in [1.82, 2.24) is 4.98 Å². The molecule has 4 heteroatoms. The highest BCUT2D eigenvalue weighted by molar-refractivity contribution is 5.73. The summed E-state index contributed by atoms with van der Waals surface area (Å²) < 4.78 is 0. The van der Waals surface area contributed by atoms with E-state index in [1.54, 1.807) is 6.20 Å². The summed E-state index contributed by atoms with van der Waals surface area (Å²) in [5, 5.41) is 8.96. The van der Waals surface area contributed by atoms with Crippen LogP contribution in [0.4, 0.5) is 0 Å². The summed E-state index contributed by atoms with van der Waals surface area (Å²) in [6.45, 7) is 0. The molecular weight excluding hydrogens is 216 g/mol. The summed E-state index contributed by atoms with van der Waals surface area (Å²) >= 11 is 0. The number of carbonyl (C=O) groups is 1. The van der Waals surface area contributed by atoms with Crippen molar-refractivity contribution in [3.05, 3.63) is 30.1 Å². The SMILES string of the molecule is NC(CC1(c2cccnc2)CCCC1)C(=O)O.